The van der Waals surface area contributed by atoms with E-state index >= 15 is 0 Å². The fourth-order valence-corrected chi connectivity index (χ4v) is 1.05. The van der Waals surface area contributed by atoms with E-state index in [4.69, 9.17) is 5.53 Å². The van der Waals surface area contributed by atoms with Crippen molar-refractivity contribution in [3.05, 3.63) is 34.7 Å². The molecule has 0 amide bonds. The molecule has 0 atom stereocenters. The second kappa shape index (κ2) is 3.55. The molecule has 0 fully saturated rings. The third-order valence-electron chi connectivity index (χ3n) is 0.987. The summed E-state index contributed by atoms with van der Waals surface area (Å²) in [6.07, 6.45) is 0. The zero-order valence-corrected chi connectivity index (χ0v) is 7.97. The number of benzene rings is 1. The van der Waals surface area contributed by atoms with Crippen molar-refractivity contribution in [1.82, 2.24) is 0 Å². The van der Waals surface area contributed by atoms with Gasteiger partial charge < -0.3 is 0 Å². The van der Waals surface area contributed by atoms with Crippen LogP contribution in [-0.4, -0.2) is 0 Å². The molecule has 0 aliphatic heterocycles. The van der Waals surface area contributed by atoms with Gasteiger partial charge in [0.1, 0.15) is 0 Å². The van der Waals surface area contributed by atoms with Gasteiger partial charge in [0.2, 0.25) is 0 Å². The Balaban J connectivity index is 3.00. The quantitative estimate of drug-likeness (QED) is 0.429. The molecule has 1 rings (SSSR count). The molecule has 0 saturated heterocycles. The van der Waals surface area contributed by atoms with E-state index in [2.05, 4.69) is 10.0 Å². The molecular formula is C6H4AtN3. The van der Waals surface area contributed by atoms with Crippen LogP contribution in [0.15, 0.2) is 29.4 Å². The van der Waals surface area contributed by atoms with Crippen molar-refractivity contribution in [2.24, 2.45) is 5.11 Å². The minimum absolute atomic E-state index is 0.669. The monoisotopic (exact) mass is 328 g/mol. The summed E-state index contributed by atoms with van der Waals surface area (Å²) in [6.45, 7) is 0. The van der Waals surface area contributed by atoms with Crippen LogP contribution in [0.1, 0.15) is 0 Å². The molecule has 0 radical (unpaired) electrons. The topological polar surface area (TPSA) is 48.8 Å². The van der Waals surface area contributed by atoms with Gasteiger partial charge in [-0.15, -0.1) is 0 Å². The van der Waals surface area contributed by atoms with E-state index in [-0.39, 0.29) is 0 Å². The van der Waals surface area contributed by atoms with E-state index in [1.165, 1.54) is 3.27 Å². The van der Waals surface area contributed by atoms with Crippen LogP contribution >= 0.6 is 0 Å². The minimum atomic E-state index is 0.669. The third kappa shape index (κ3) is 1.98. The SMILES string of the molecule is [N-]=[N+]=Nc1ccc([At])cc1. The number of hydrogen-bond acceptors (Lipinski definition) is 1. The predicted octanol–water partition coefficient (Wildman–Crippen LogP) is 1.80. The fraction of sp³-hybridized carbons (Fsp3) is 0. The first-order valence-corrected chi connectivity index (χ1v) is 4.10. The van der Waals surface area contributed by atoms with Crippen molar-refractivity contribution < 1.29 is 24.7 Å². The Morgan fingerprint density at radius 1 is 1.30 bits per heavy atom. The maximum atomic E-state index is 8.05. The van der Waals surface area contributed by atoms with E-state index in [1.807, 2.05) is 12.1 Å². The van der Waals surface area contributed by atoms with Gasteiger partial charge in [-0.25, -0.2) is 0 Å². The number of azide groups is 1. The van der Waals surface area contributed by atoms with Gasteiger partial charge in [-0.2, -0.15) is 0 Å². The summed E-state index contributed by atoms with van der Waals surface area (Å²) in [7, 11) is 0. The molecule has 50 valence electrons. The molecule has 4 heteroatoms. The number of nitrogens with zero attached hydrogens (tertiary/aromatic N) is 3. The summed E-state index contributed by atoms with van der Waals surface area (Å²) in [6, 6.07) is 7.46. The van der Waals surface area contributed by atoms with Gasteiger partial charge in [0.15, 0.2) is 0 Å². The average molecular weight is 328 g/mol. The first-order valence-electron chi connectivity index (χ1n) is 2.63. The maximum absolute atomic E-state index is 8.05. The molecule has 0 aliphatic carbocycles. The van der Waals surface area contributed by atoms with Crippen LogP contribution in [0.3, 0.4) is 0 Å². The molecule has 0 unspecified atom stereocenters. The van der Waals surface area contributed by atoms with E-state index in [9.17, 15) is 0 Å². The van der Waals surface area contributed by atoms with E-state index in [1.54, 1.807) is 36.9 Å². The zero-order valence-electron chi connectivity index (χ0n) is 5.03. The molecule has 10 heavy (non-hydrogen) atoms. The Kier molecular flexibility index (Phi) is 2.67. The van der Waals surface area contributed by atoms with Crippen LogP contribution in [0.2, 0.25) is 0 Å². The Hall–Kier alpha value is -0.587. The van der Waals surface area contributed by atoms with Crippen LogP contribution in [0.4, 0.5) is 5.69 Å². The van der Waals surface area contributed by atoms with Crippen molar-refractivity contribution in [1.29, 1.82) is 0 Å². The van der Waals surface area contributed by atoms with E-state index < -0.39 is 0 Å². The van der Waals surface area contributed by atoms with Gasteiger partial charge >= 0.3 is 73.5 Å². The molecular weight excluding hydrogens is 324 g/mol. The molecule has 1 aromatic carbocycles. The fourth-order valence-electron chi connectivity index (χ4n) is 0.559. The zero-order chi connectivity index (χ0) is 7.40. The van der Waals surface area contributed by atoms with Gasteiger partial charge in [-0.05, 0) is 0 Å². The number of rotatable bonds is 1. The molecule has 0 N–H and O–H groups in total. The van der Waals surface area contributed by atoms with Crippen molar-refractivity contribution in [3.8, 4) is 0 Å². The van der Waals surface area contributed by atoms with Crippen molar-refractivity contribution in [3.63, 3.8) is 0 Å². The number of hydrogen-bond donors (Lipinski definition) is 0. The Labute approximate surface area is 73.5 Å². The average Bonchev–Trinajstić information content (AvgIpc) is 1.95. The first-order chi connectivity index (χ1) is 4.83. The molecule has 1 aromatic rings. The summed E-state index contributed by atoms with van der Waals surface area (Å²) in [5.41, 5.74) is 8.72. The van der Waals surface area contributed by atoms with Gasteiger partial charge in [0.05, 0.1) is 0 Å². The van der Waals surface area contributed by atoms with Crippen molar-refractivity contribution in [2.45, 2.75) is 0 Å². The summed E-state index contributed by atoms with van der Waals surface area (Å²) < 4.78 is 1.22. The normalized spacial score (nSPS) is 8.50. The Morgan fingerprint density at radius 2 is 1.90 bits per heavy atom. The van der Waals surface area contributed by atoms with Crippen LogP contribution < -0.4 is 3.27 Å². The predicted molar refractivity (Wildman–Crippen MR) is 34.9 cm³/mol. The van der Waals surface area contributed by atoms with Crippen LogP contribution in [0.25, 0.3) is 10.4 Å². The third-order valence-corrected chi connectivity index (χ3v) is 1.97. The van der Waals surface area contributed by atoms with Crippen LogP contribution in [0, 0.1) is 24.7 Å². The Bertz CT molecular complexity index is 261. The second-order valence-electron chi connectivity index (χ2n) is 1.67. The molecule has 3 nitrogen and oxygen atoms in total. The van der Waals surface area contributed by atoms with Gasteiger partial charge in [-0.3, -0.25) is 0 Å². The van der Waals surface area contributed by atoms with Gasteiger partial charge in [0, 0.05) is 0 Å². The van der Waals surface area contributed by atoms with Crippen LogP contribution in [-0.2, 0) is 0 Å². The second-order valence-corrected chi connectivity index (χ2v) is 3.36. The molecule has 0 saturated carbocycles. The van der Waals surface area contributed by atoms with Gasteiger partial charge in [0.25, 0.3) is 0 Å². The van der Waals surface area contributed by atoms with Crippen LogP contribution in [0.5, 0.6) is 0 Å². The van der Waals surface area contributed by atoms with Crippen molar-refractivity contribution in [2.75, 3.05) is 0 Å². The summed E-state index contributed by atoms with van der Waals surface area (Å²) in [4.78, 5) is 2.67. The summed E-state index contributed by atoms with van der Waals surface area (Å²) in [5, 5.41) is 3.43. The molecule has 0 bridgehead atoms. The summed E-state index contributed by atoms with van der Waals surface area (Å²) in [5.74, 6) is 0. The molecule has 0 aromatic heterocycles. The van der Waals surface area contributed by atoms with E-state index in [0.29, 0.717) is 5.69 Å². The Morgan fingerprint density at radius 3 is 2.40 bits per heavy atom. The van der Waals surface area contributed by atoms with E-state index in [0.717, 1.165) is 0 Å². The van der Waals surface area contributed by atoms with Gasteiger partial charge in [-0.1, -0.05) is 0 Å². The molecule has 0 aliphatic rings. The molecule has 0 heterocycles. The van der Waals surface area contributed by atoms with Crippen molar-refractivity contribution >= 4 is 8.96 Å². The molecule has 0 spiro atoms. The first kappa shape index (κ1) is 7.52. The summed E-state index contributed by atoms with van der Waals surface area (Å²) >= 11 is 1.61. The standard InChI is InChI=1S/C6H4AtN3/c7-5-1-3-6(4-2-5)9-10-8/h1-4H.